The van der Waals surface area contributed by atoms with Crippen LogP contribution in [0, 0.1) is 0 Å². The molecule has 0 bridgehead atoms. The number of hydrogen-bond acceptors (Lipinski definition) is 5. The maximum absolute atomic E-state index is 4.65. The van der Waals surface area contributed by atoms with Crippen LogP contribution in [0.4, 0.5) is 5.69 Å². The van der Waals surface area contributed by atoms with Gasteiger partial charge < -0.3 is 10.3 Å². The molecule has 0 radical (unpaired) electrons. The average Bonchev–Trinajstić information content (AvgIpc) is 3.62. The fraction of sp³-hybridized carbons (Fsp3) is 0. The van der Waals surface area contributed by atoms with Crippen LogP contribution in [0.2, 0.25) is 0 Å². The lowest BCUT2D eigenvalue weighted by molar-refractivity contribution is 1.12. The van der Waals surface area contributed by atoms with Gasteiger partial charge in [-0.2, -0.15) is 5.10 Å². The Morgan fingerprint density at radius 1 is 0.744 bits per heavy atom. The molecule has 0 amide bonds. The van der Waals surface area contributed by atoms with Gasteiger partial charge in [0.05, 0.1) is 23.1 Å². The first-order chi connectivity index (χ1) is 19.2. The molecule has 5 heterocycles. The number of hydrogen-bond donors (Lipinski definition) is 3. The predicted octanol–water partition coefficient (Wildman–Crippen LogP) is 7.31. The Morgan fingerprint density at radius 2 is 1.62 bits per heavy atom. The fourth-order valence-electron chi connectivity index (χ4n) is 4.89. The maximum atomic E-state index is 4.65. The van der Waals surface area contributed by atoms with E-state index in [1.165, 1.54) is 0 Å². The lowest BCUT2D eigenvalue weighted by Crippen LogP contribution is -1.98. The van der Waals surface area contributed by atoms with Crippen LogP contribution in [0.25, 0.3) is 61.3 Å². The quantitative estimate of drug-likeness (QED) is 0.220. The van der Waals surface area contributed by atoms with Crippen molar-refractivity contribution in [3.05, 3.63) is 122 Å². The van der Waals surface area contributed by atoms with E-state index in [-0.39, 0.29) is 0 Å². The van der Waals surface area contributed by atoms with Crippen molar-refractivity contribution in [3.63, 3.8) is 0 Å². The smallest absolute Gasteiger partial charge is 0.138 e. The van der Waals surface area contributed by atoms with Crippen molar-refractivity contribution in [2.24, 2.45) is 0 Å². The summed E-state index contributed by atoms with van der Waals surface area (Å²) in [5, 5.41) is 13.3. The second kappa shape index (κ2) is 9.39. The van der Waals surface area contributed by atoms with Gasteiger partial charge in [-0.05, 0) is 64.7 Å². The zero-order valence-corrected chi connectivity index (χ0v) is 20.9. The van der Waals surface area contributed by atoms with Crippen LogP contribution in [0.3, 0.4) is 0 Å². The van der Waals surface area contributed by atoms with Crippen molar-refractivity contribution >= 4 is 33.3 Å². The van der Waals surface area contributed by atoms with E-state index in [1.54, 1.807) is 18.6 Å². The Hall–Kier alpha value is -5.56. The summed E-state index contributed by atoms with van der Waals surface area (Å²) < 4.78 is 0. The Kier molecular flexibility index (Phi) is 5.45. The highest BCUT2D eigenvalue weighted by molar-refractivity contribution is 6.00. The van der Waals surface area contributed by atoms with Gasteiger partial charge in [0, 0.05) is 46.8 Å². The predicted molar refractivity (Wildman–Crippen MR) is 157 cm³/mol. The fourth-order valence-corrected chi connectivity index (χ4v) is 4.89. The van der Waals surface area contributed by atoms with E-state index in [9.17, 15) is 0 Å². The summed E-state index contributed by atoms with van der Waals surface area (Å²) in [6.07, 6.45) is 9.09. The van der Waals surface area contributed by atoms with E-state index in [0.29, 0.717) is 0 Å². The molecule has 0 spiro atoms. The molecule has 0 unspecified atom stereocenters. The van der Waals surface area contributed by atoms with Crippen LogP contribution in [-0.4, -0.2) is 30.1 Å². The third-order valence-electron chi connectivity index (χ3n) is 6.83. The third-order valence-corrected chi connectivity index (χ3v) is 6.83. The number of fused-ring (bicyclic) bond motifs is 2. The van der Waals surface area contributed by atoms with Crippen LogP contribution < -0.4 is 5.32 Å². The number of nitrogens with zero attached hydrogens (tertiary/aromatic N) is 4. The summed E-state index contributed by atoms with van der Waals surface area (Å²) in [4.78, 5) is 16.7. The number of aromatic nitrogens is 6. The summed E-state index contributed by atoms with van der Waals surface area (Å²) in [7, 11) is 0. The number of pyridine rings is 3. The molecule has 7 rings (SSSR count). The molecule has 0 saturated carbocycles. The minimum Gasteiger partial charge on any atom is -0.354 e. The number of anilines is 1. The second-order valence-electron chi connectivity index (χ2n) is 9.30. The van der Waals surface area contributed by atoms with Gasteiger partial charge in [-0.15, -0.1) is 0 Å². The molecule has 7 aromatic rings. The number of rotatable bonds is 6. The molecule has 39 heavy (non-hydrogen) atoms. The highest BCUT2D eigenvalue weighted by atomic mass is 15.1. The minimum atomic E-state index is 0.813. The minimum absolute atomic E-state index is 0.813. The van der Waals surface area contributed by atoms with Gasteiger partial charge in [-0.25, -0.2) is 4.98 Å². The molecule has 5 aromatic heterocycles. The molecule has 186 valence electrons. The van der Waals surface area contributed by atoms with E-state index in [0.717, 1.165) is 72.5 Å². The Labute approximate surface area is 224 Å². The van der Waals surface area contributed by atoms with Gasteiger partial charge in [0.2, 0.25) is 0 Å². The highest BCUT2D eigenvalue weighted by Gasteiger charge is 2.15. The van der Waals surface area contributed by atoms with Crippen molar-refractivity contribution in [2.45, 2.75) is 0 Å². The van der Waals surface area contributed by atoms with Gasteiger partial charge >= 0.3 is 0 Å². The van der Waals surface area contributed by atoms with Crippen LogP contribution in [0.15, 0.2) is 116 Å². The first kappa shape index (κ1) is 22.6. The summed E-state index contributed by atoms with van der Waals surface area (Å²) in [5.41, 5.74) is 10.5. The van der Waals surface area contributed by atoms with Gasteiger partial charge in [-0.3, -0.25) is 15.1 Å². The zero-order chi connectivity index (χ0) is 26.2. The van der Waals surface area contributed by atoms with Gasteiger partial charge in [0.25, 0.3) is 0 Å². The van der Waals surface area contributed by atoms with E-state index in [1.807, 2.05) is 67.0 Å². The van der Waals surface area contributed by atoms with Gasteiger partial charge in [-0.1, -0.05) is 43.0 Å². The SMILES string of the molecule is C=C(Nc1cncc(-c2ccc3[nH]nc(-c4cc5c(-c6ccncc6)ccnc5[nH]4)c3c2)c1)c1ccccc1. The standard InChI is InChI=1S/C32H23N7/c1-20(21-5-3-2-4-6-21)36-25-15-24(18-34-19-25)23-7-8-29-28(16-23)31(39-38-29)30-17-27-26(11-14-35-32(27)37-30)22-9-12-33-13-10-22/h2-19,36H,1H2,(H,35,37)(H,38,39). The molecule has 7 heteroatoms. The molecular formula is C32H23N7. The van der Waals surface area contributed by atoms with E-state index >= 15 is 0 Å². The zero-order valence-electron chi connectivity index (χ0n) is 20.9. The molecule has 2 aromatic carbocycles. The van der Waals surface area contributed by atoms with Crippen molar-refractivity contribution in [3.8, 4) is 33.6 Å². The molecule has 0 fully saturated rings. The number of aromatic amines is 2. The van der Waals surface area contributed by atoms with Gasteiger partial charge in [0.1, 0.15) is 11.3 Å². The summed E-state index contributed by atoms with van der Waals surface area (Å²) >= 11 is 0. The number of benzene rings is 2. The Morgan fingerprint density at radius 3 is 2.49 bits per heavy atom. The highest BCUT2D eigenvalue weighted by Crippen LogP contribution is 2.34. The number of H-pyrrole nitrogens is 2. The molecule has 0 aliphatic carbocycles. The summed E-state index contributed by atoms with van der Waals surface area (Å²) in [5.74, 6) is 0. The van der Waals surface area contributed by atoms with Gasteiger partial charge in [0.15, 0.2) is 0 Å². The lowest BCUT2D eigenvalue weighted by Gasteiger charge is -2.11. The van der Waals surface area contributed by atoms with Crippen LogP contribution in [0.1, 0.15) is 5.56 Å². The molecule has 7 nitrogen and oxygen atoms in total. The molecular weight excluding hydrogens is 482 g/mol. The molecule has 3 N–H and O–H groups in total. The molecule has 0 saturated heterocycles. The molecule has 0 aliphatic rings. The van der Waals surface area contributed by atoms with E-state index in [2.05, 4.69) is 66.3 Å². The van der Waals surface area contributed by atoms with Crippen LogP contribution in [-0.2, 0) is 0 Å². The second-order valence-corrected chi connectivity index (χ2v) is 9.30. The van der Waals surface area contributed by atoms with Crippen molar-refractivity contribution in [1.29, 1.82) is 0 Å². The van der Waals surface area contributed by atoms with E-state index < -0.39 is 0 Å². The number of nitrogens with one attached hydrogen (secondary N) is 3. The monoisotopic (exact) mass is 505 g/mol. The Bertz CT molecular complexity index is 1950. The summed E-state index contributed by atoms with van der Waals surface area (Å²) in [6, 6.07) is 26.5. The van der Waals surface area contributed by atoms with Crippen molar-refractivity contribution in [2.75, 3.05) is 5.32 Å². The first-order valence-corrected chi connectivity index (χ1v) is 12.6. The first-order valence-electron chi connectivity index (χ1n) is 12.6. The van der Waals surface area contributed by atoms with E-state index in [4.69, 9.17) is 0 Å². The van der Waals surface area contributed by atoms with Crippen LogP contribution in [0.5, 0.6) is 0 Å². The molecule has 0 atom stereocenters. The van der Waals surface area contributed by atoms with Crippen molar-refractivity contribution in [1.82, 2.24) is 30.1 Å². The van der Waals surface area contributed by atoms with Crippen molar-refractivity contribution < 1.29 is 0 Å². The largest absolute Gasteiger partial charge is 0.354 e. The lowest BCUT2D eigenvalue weighted by atomic mass is 10.0. The topological polar surface area (TPSA) is 95.2 Å². The van der Waals surface area contributed by atoms with Crippen LogP contribution >= 0.6 is 0 Å². The Balaban J connectivity index is 1.25. The third kappa shape index (κ3) is 4.22. The molecule has 0 aliphatic heterocycles. The normalized spacial score (nSPS) is 11.2. The summed E-state index contributed by atoms with van der Waals surface area (Å²) in [6.45, 7) is 4.18. The maximum Gasteiger partial charge on any atom is 0.138 e. The average molecular weight is 506 g/mol.